The number of ether oxygens (including phenoxy) is 1. The van der Waals surface area contributed by atoms with E-state index in [0.29, 0.717) is 16.2 Å². The van der Waals surface area contributed by atoms with Gasteiger partial charge in [0.25, 0.3) is 0 Å². The van der Waals surface area contributed by atoms with Crippen LogP contribution in [-0.2, 0) is 0 Å². The average Bonchev–Trinajstić information content (AvgIpc) is 2.52. The second kappa shape index (κ2) is 2.56. The van der Waals surface area contributed by atoms with Gasteiger partial charge in [-0.05, 0) is 0 Å². The molecule has 0 amide bonds. The first-order chi connectivity index (χ1) is 5.81. The summed E-state index contributed by atoms with van der Waals surface area (Å²) < 4.78 is 7.13. The number of rotatable bonds is 1. The standard InChI is InChI=1S/C6H6N4OS/c1-11-5-2-6(12)10-4(8-5)3-7-9-10/h2-3,9H,1H3. The van der Waals surface area contributed by atoms with Crippen molar-refractivity contribution in [2.75, 3.05) is 7.11 Å². The van der Waals surface area contributed by atoms with Crippen LogP contribution in [0, 0.1) is 4.64 Å². The molecule has 1 N–H and O–H groups in total. The van der Waals surface area contributed by atoms with Crippen molar-refractivity contribution in [3.63, 3.8) is 0 Å². The number of aromatic nitrogens is 4. The Bertz CT molecular complexity index is 460. The lowest BCUT2D eigenvalue weighted by atomic mass is 10.6. The molecule has 0 saturated carbocycles. The molecule has 0 radical (unpaired) electrons. The van der Waals surface area contributed by atoms with Crippen molar-refractivity contribution in [2.24, 2.45) is 0 Å². The maximum atomic E-state index is 5.03. The van der Waals surface area contributed by atoms with Gasteiger partial charge in [-0.2, -0.15) is 10.1 Å². The van der Waals surface area contributed by atoms with Crippen LogP contribution in [0.2, 0.25) is 0 Å². The second-order valence-electron chi connectivity index (χ2n) is 2.19. The van der Waals surface area contributed by atoms with Crippen molar-refractivity contribution in [1.29, 1.82) is 0 Å². The van der Waals surface area contributed by atoms with Gasteiger partial charge < -0.3 is 4.74 Å². The zero-order valence-electron chi connectivity index (χ0n) is 6.31. The number of aromatic amines is 1. The lowest BCUT2D eigenvalue weighted by Gasteiger charge is -1.97. The lowest BCUT2D eigenvalue weighted by molar-refractivity contribution is 0.397. The summed E-state index contributed by atoms with van der Waals surface area (Å²) in [5.74, 6) is 0.501. The largest absolute Gasteiger partial charge is 0.481 e. The Morgan fingerprint density at radius 3 is 3.25 bits per heavy atom. The highest BCUT2D eigenvalue weighted by Crippen LogP contribution is 2.07. The minimum absolute atomic E-state index is 0.501. The van der Waals surface area contributed by atoms with Gasteiger partial charge in [-0.3, -0.25) is 0 Å². The maximum absolute atomic E-state index is 5.03. The molecular weight excluding hydrogens is 176 g/mol. The normalized spacial score (nSPS) is 10.4. The van der Waals surface area contributed by atoms with Gasteiger partial charge >= 0.3 is 0 Å². The van der Waals surface area contributed by atoms with Crippen LogP contribution in [0.25, 0.3) is 5.65 Å². The summed E-state index contributed by atoms with van der Waals surface area (Å²) >= 11 is 5.03. The van der Waals surface area contributed by atoms with E-state index in [-0.39, 0.29) is 0 Å². The van der Waals surface area contributed by atoms with E-state index in [4.69, 9.17) is 17.0 Å². The molecule has 2 rings (SSSR count). The molecule has 2 aromatic rings. The molecule has 0 atom stereocenters. The molecule has 0 aliphatic carbocycles. The molecule has 0 aliphatic heterocycles. The van der Waals surface area contributed by atoms with Gasteiger partial charge in [0.1, 0.15) is 4.64 Å². The van der Waals surface area contributed by atoms with E-state index in [1.54, 1.807) is 23.9 Å². The topological polar surface area (TPSA) is 55.2 Å². The van der Waals surface area contributed by atoms with E-state index < -0.39 is 0 Å². The van der Waals surface area contributed by atoms with E-state index in [9.17, 15) is 0 Å². The molecule has 62 valence electrons. The number of hydrogen-bond donors (Lipinski definition) is 1. The zero-order chi connectivity index (χ0) is 8.55. The van der Waals surface area contributed by atoms with Crippen LogP contribution in [0.15, 0.2) is 12.3 Å². The van der Waals surface area contributed by atoms with Gasteiger partial charge in [0.05, 0.1) is 13.3 Å². The summed E-state index contributed by atoms with van der Waals surface area (Å²) in [5, 5.41) is 6.47. The minimum atomic E-state index is 0.501. The molecule has 0 fully saturated rings. The van der Waals surface area contributed by atoms with E-state index in [2.05, 4.69) is 15.3 Å². The van der Waals surface area contributed by atoms with Gasteiger partial charge in [0.2, 0.25) is 5.88 Å². The minimum Gasteiger partial charge on any atom is -0.481 e. The second-order valence-corrected chi connectivity index (χ2v) is 2.61. The van der Waals surface area contributed by atoms with E-state index in [1.807, 2.05) is 0 Å². The fourth-order valence-electron chi connectivity index (χ4n) is 0.914. The summed E-state index contributed by atoms with van der Waals surface area (Å²) in [5.41, 5.74) is 0.652. The SMILES string of the molecule is COc1cc(=S)n2[nH]ncc2n1. The fourth-order valence-corrected chi connectivity index (χ4v) is 1.15. The first-order valence-electron chi connectivity index (χ1n) is 3.28. The number of nitrogens with one attached hydrogen (secondary N) is 1. The predicted octanol–water partition coefficient (Wildman–Crippen LogP) is 0.795. The van der Waals surface area contributed by atoms with Gasteiger partial charge in [0, 0.05) is 6.07 Å². The third-order valence-corrected chi connectivity index (χ3v) is 1.77. The molecule has 0 unspecified atom stereocenters. The molecule has 12 heavy (non-hydrogen) atoms. The molecule has 0 aromatic carbocycles. The molecule has 0 aliphatic rings. The van der Waals surface area contributed by atoms with Gasteiger partial charge in [-0.25, -0.2) is 9.73 Å². The number of fused-ring (bicyclic) bond motifs is 1. The summed E-state index contributed by atoms with van der Waals surface area (Å²) in [6.07, 6.45) is 1.58. The third kappa shape index (κ3) is 0.964. The van der Waals surface area contributed by atoms with Crippen LogP contribution in [-0.4, -0.2) is 26.9 Å². The van der Waals surface area contributed by atoms with Crippen LogP contribution >= 0.6 is 12.2 Å². The average molecular weight is 182 g/mol. The Morgan fingerprint density at radius 1 is 1.67 bits per heavy atom. The molecule has 2 heterocycles. The Labute approximate surface area is 73.0 Å². The van der Waals surface area contributed by atoms with Crippen molar-refractivity contribution in [1.82, 2.24) is 19.8 Å². The quantitative estimate of drug-likeness (QED) is 0.662. The number of hydrogen-bond acceptors (Lipinski definition) is 4. The maximum Gasteiger partial charge on any atom is 0.218 e. The number of H-pyrrole nitrogens is 1. The highest BCUT2D eigenvalue weighted by atomic mass is 32.1. The Kier molecular flexibility index (Phi) is 1.54. The van der Waals surface area contributed by atoms with Crippen molar-refractivity contribution in [2.45, 2.75) is 0 Å². The lowest BCUT2D eigenvalue weighted by Crippen LogP contribution is -1.94. The van der Waals surface area contributed by atoms with E-state index in [1.165, 1.54) is 0 Å². The number of nitrogens with zero attached hydrogens (tertiary/aromatic N) is 3. The van der Waals surface area contributed by atoms with Crippen molar-refractivity contribution in [3.05, 3.63) is 16.9 Å². The Hall–Kier alpha value is -1.43. The summed E-state index contributed by atoms with van der Waals surface area (Å²) in [7, 11) is 1.55. The monoisotopic (exact) mass is 182 g/mol. The van der Waals surface area contributed by atoms with E-state index in [0.717, 1.165) is 0 Å². The zero-order valence-corrected chi connectivity index (χ0v) is 7.13. The smallest absolute Gasteiger partial charge is 0.218 e. The Morgan fingerprint density at radius 2 is 2.50 bits per heavy atom. The summed E-state index contributed by atoms with van der Waals surface area (Å²) in [4.78, 5) is 4.09. The first-order valence-corrected chi connectivity index (χ1v) is 3.69. The van der Waals surface area contributed by atoms with Crippen LogP contribution < -0.4 is 4.74 Å². The van der Waals surface area contributed by atoms with Crippen molar-refractivity contribution in [3.8, 4) is 5.88 Å². The van der Waals surface area contributed by atoms with Gasteiger partial charge in [-0.15, -0.1) is 0 Å². The number of methoxy groups -OCH3 is 1. The van der Waals surface area contributed by atoms with Crippen molar-refractivity contribution < 1.29 is 4.74 Å². The highest BCUT2D eigenvalue weighted by Gasteiger charge is 1.99. The molecule has 0 spiro atoms. The van der Waals surface area contributed by atoms with Crippen LogP contribution in [0.5, 0.6) is 5.88 Å². The Balaban J connectivity index is 2.84. The molecule has 0 saturated heterocycles. The molecule has 0 bridgehead atoms. The van der Waals surface area contributed by atoms with E-state index >= 15 is 0 Å². The molecular formula is C6H6N4OS. The summed E-state index contributed by atoms with van der Waals surface area (Å²) in [6.45, 7) is 0. The van der Waals surface area contributed by atoms with Crippen LogP contribution in [0.1, 0.15) is 0 Å². The molecule has 6 heteroatoms. The van der Waals surface area contributed by atoms with Gasteiger partial charge in [-0.1, -0.05) is 12.2 Å². The van der Waals surface area contributed by atoms with Crippen molar-refractivity contribution >= 4 is 17.9 Å². The van der Waals surface area contributed by atoms with Crippen LogP contribution in [0.3, 0.4) is 0 Å². The van der Waals surface area contributed by atoms with Gasteiger partial charge in [0.15, 0.2) is 5.65 Å². The highest BCUT2D eigenvalue weighted by molar-refractivity contribution is 7.71. The van der Waals surface area contributed by atoms with Crippen LogP contribution in [0.4, 0.5) is 0 Å². The summed E-state index contributed by atoms with van der Waals surface area (Å²) in [6, 6.07) is 1.65. The molecule has 5 nitrogen and oxygen atoms in total. The predicted molar refractivity (Wildman–Crippen MR) is 44.7 cm³/mol. The molecule has 2 aromatic heterocycles. The third-order valence-electron chi connectivity index (χ3n) is 1.47. The first kappa shape index (κ1) is 7.23. The fraction of sp³-hybridized carbons (Fsp3) is 0.167.